The van der Waals surface area contributed by atoms with Crippen molar-refractivity contribution >= 4 is 5.91 Å². The number of hydrogen-bond donors (Lipinski definition) is 2. The van der Waals surface area contributed by atoms with E-state index in [1.54, 1.807) is 19.1 Å². The van der Waals surface area contributed by atoms with E-state index in [1.807, 2.05) is 25.1 Å². The first-order chi connectivity index (χ1) is 7.08. The monoisotopic (exact) mass is 208 g/mol. The molecule has 0 radical (unpaired) electrons. The standard InChI is InChI=1S/C11H16N2O2/c1-3-13-11(2,10(12)14)15-9-7-5-4-6-8-9/h4-8,13H,3H2,1-2H3,(H2,12,14). The molecule has 0 aliphatic heterocycles. The lowest BCUT2D eigenvalue weighted by molar-refractivity contribution is -0.134. The number of rotatable bonds is 5. The van der Waals surface area contributed by atoms with Crippen molar-refractivity contribution < 1.29 is 9.53 Å². The van der Waals surface area contributed by atoms with Crippen LogP contribution in [0.4, 0.5) is 0 Å². The molecule has 15 heavy (non-hydrogen) atoms. The summed E-state index contributed by atoms with van der Waals surface area (Å²) in [7, 11) is 0. The van der Waals surface area contributed by atoms with Gasteiger partial charge in [0, 0.05) is 0 Å². The van der Waals surface area contributed by atoms with Gasteiger partial charge in [0.05, 0.1) is 0 Å². The number of carbonyl (C=O) groups excluding carboxylic acids is 1. The highest BCUT2D eigenvalue weighted by molar-refractivity contribution is 5.82. The Hall–Kier alpha value is -1.55. The quantitative estimate of drug-likeness (QED) is 0.706. The summed E-state index contributed by atoms with van der Waals surface area (Å²) in [6.07, 6.45) is 0. The summed E-state index contributed by atoms with van der Waals surface area (Å²) >= 11 is 0. The fraction of sp³-hybridized carbons (Fsp3) is 0.364. The predicted octanol–water partition coefficient (Wildman–Crippen LogP) is 0.876. The van der Waals surface area contributed by atoms with Crippen molar-refractivity contribution in [2.45, 2.75) is 19.6 Å². The molecule has 0 fully saturated rings. The SMILES string of the molecule is CCNC(C)(Oc1ccccc1)C(N)=O. The highest BCUT2D eigenvalue weighted by Crippen LogP contribution is 2.15. The number of nitrogens with two attached hydrogens (primary N) is 1. The van der Waals surface area contributed by atoms with Crippen molar-refractivity contribution in [3.63, 3.8) is 0 Å². The Labute approximate surface area is 89.4 Å². The minimum Gasteiger partial charge on any atom is -0.464 e. The maximum atomic E-state index is 11.3. The molecule has 82 valence electrons. The number of nitrogens with one attached hydrogen (secondary N) is 1. The second-order valence-electron chi connectivity index (χ2n) is 3.34. The first-order valence-electron chi connectivity index (χ1n) is 4.87. The van der Waals surface area contributed by atoms with E-state index in [9.17, 15) is 4.79 Å². The Balaban J connectivity index is 2.80. The number of hydrogen-bond acceptors (Lipinski definition) is 3. The van der Waals surface area contributed by atoms with Crippen molar-refractivity contribution in [2.75, 3.05) is 6.54 Å². The Bertz CT molecular complexity index is 327. The van der Waals surface area contributed by atoms with Gasteiger partial charge in [-0.05, 0) is 25.6 Å². The molecule has 0 heterocycles. The van der Waals surface area contributed by atoms with Gasteiger partial charge in [-0.1, -0.05) is 25.1 Å². The molecule has 4 heteroatoms. The molecular weight excluding hydrogens is 192 g/mol. The molecule has 1 rings (SSSR count). The van der Waals surface area contributed by atoms with Crippen molar-refractivity contribution in [1.82, 2.24) is 5.32 Å². The maximum Gasteiger partial charge on any atom is 0.277 e. The molecule has 0 aliphatic rings. The molecule has 0 saturated carbocycles. The molecule has 0 spiro atoms. The van der Waals surface area contributed by atoms with Crippen LogP contribution in [0, 0.1) is 0 Å². The van der Waals surface area contributed by atoms with Crippen LogP contribution in [-0.4, -0.2) is 18.2 Å². The summed E-state index contributed by atoms with van der Waals surface area (Å²) < 4.78 is 5.52. The molecule has 4 nitrogen and oxygen atoms in total. The Kier molecular flexibility index (Phi) is 3.68. The molecule has 0 aliphatic carbocycles. The fourth-order valence-electron chi connectivity index (χ4n) is 1.24. The minimum absolute atomic E-state index is 0.534. The second-order valence-corrected chi connectivity index (χ2v) is 3.34. The van der Waals surface area contributed by atoms with Crippen LogP contribution < -0.4 is 15.8 Å². The van der Waals surface area contributed by atoms with E-state index >= 15 is 0 Å². The largest absolute Gasteiger partial charge is 0.464 e. The predicted molar refractivity (Wildman–Crippen MR) is 58.3 cm³/mol. The lowest BCUT2D eigenvalue weighted by Gasteiger charge is -2.27. The average Bonchev–Trinajstić information content (AvgIpc) is 2.19. The number of para-hydroxylation sites is 1. The van der Waals surface area contributed by atoms with Crippen LogP contribution in [0.1, 0.15) is 13.8 Å². The molecule has 0 bridgehead atoms. The zero-order valence-corrected chi connectivity index (χ0v) is 8.99. The van der Waals surface area contributed by atoms with Gasteiger partial charge < -0.3 is 10.5 Å². The lowest BCUT2D eigenvalue weighted by Crippen LogP contribution is -2.57. The van der Waals surface area contributed by atoms with E-state index in [2.05, 4.69) is 5.32 Å². The van der Waals surface area contributed by atoms with Crippen LogP contribution in [0.3, 0.4) is 0 Å². The minimum atomic E-state index is -1.16. The molecule has 0 saturated heterocycles. The van der Waals surface area contributed by atoms with Crippen LogP contribution >= 0.6 is 0 Å². The Morgan fingerprint density at radius 3 is 2.53 bits per heavy atom. The molecule has 1 aromatic carbocycles. The van der Waals surface area contributed by atoms with Gasteiger partial charge in [-0.3, -0.25) is 10.1 Å². The molecular formula is C11H16N2O2. The molecule has 1 amide bonds. The number of carbonyl (C=O) groups is 1. The Morgan fingerprint density at radius 1 is 1.47 bits per heavy atom. The highest BCUT2D eigenvalue weighted by atomic mass is 16.5. The summed E-state index contributed by atoms with van der Waals surface area (Å²) in [5.74, 6) is 0.0768. The van der Waals surface area contributed by atoms with Gasteiger partial charge in [0.2, 0.25) is 5.72 Å². The number of benzene rings is 1. The summed E-state index contributed by atoms with van der Waals surface area (Å²) in [4.78, 5) is 11.3. The molecule has 1 atom stereocenters. The van der Waals surface area contributed by atoms with Crippen LogP contribution in [0.15, 0.2) is 30.3 Å². The highest BCUT2D eigenvalue weighted by Gasteiger charge is 2.32. The van der Waals surface area contributed by atoms with E-state index in [1.165, 1.54) is 0 Å². The van der Waals surface area contributed by atoms with Gasteiger partial charge in [-0.2, -0.15) is 0 Å². The van der Waals surface area contributed by atoms with Gasteiger partial charge in [-0.15, -0.1) is 0 Å². The number of primary amides is 1. The normalized spacial score (nSPS) is 14.3. The maximum absolute atomic E-state index is 11.3. The molecule has 1 unspecified atom stereocenters. The van der Waals surface area contributed by atoms with Crippen molar-refractivity contribution in [3.05, 3.63) is 30.3 Å². The number of amides is 1. The summed E-state index contributed by atoms with van der Waals surface area (Å²) in [5, 5.41) is 2.91. The zero-order valence-electron chi connectivity index (χ0n) is 8.99. The number of ether oxygens (including phenoxy) is 1. The third-order valence-electron chi connectivity index (χ3n) is 2.05. The van der Waals surface area contributed by atoms with E-state index in [4.69, 9.17) is 10.5 Å². The fourth-order valence-corrected chi connectivity index (χ4v) is 1.24. The van der Waals surface area contributed by atoms with E-state index < -0.39 is 11.6 Å². The number of likely N-dealkylation sites (N-methyl/N-ethyl adjacent to an activating group) is 1. The first-order valence-corrected chi connectivity index (χ1v) is 4.87. The van der Waals surface area contributed by atoms with Crippen LogP contribution in [0.2, 0.25) is 0 Å². The second kappa shape index (κ2) is 4.79. The van der Waals surface area contributed by atoms with Gasteiger partial charge >= 0.3 is 0 Å². The van der Waals surface area contributed by atoms with Crippen LogP contribution in [-0.2, 0) is 4.79 Å². The smallest absolute Gasteiger partial charge is 0.277 e. The molecule has 3 N–H and O–H groups in total. The molecule has 1 aromatic rings. The summed E-state index contributed by atoms with van der Waals surface area (Å²) in [6, 6.07) is 9.10. The first kappa shape index (κ1) is 11.5. The van der Waals surface area contributed by atoms with E-state index in [-0.39, 0.29) is 0 Å². The topological polar surface area (TPSA) is 64.3 Å². The lowest BCUT2D eigenvalue weighted by atomic mass is 10.2. The van der Waals surface area contributed by atoms with E-state index in [0.717, 1.165) is 0 Å². The summed E-state index contributed by atoms with van der Waals surface area (Å²) in [6.45, 7) is 4.10. The van der Waals surface area contributed by atoms with Gasteiger partial charge in [-0.25, -0.2) is 0 Å². The zero-order chi connectivity index (χ0) is 11.3. The van der Waals surface area contributed by atoms with Gasteiger partial charge in [0.1, 0.15) is 5.75 Å². The third kappa shape index (κ3) is 2.95. The van der Waals surface area contributed by atoms with Gasteiger partial charge in [0.15, 0.2) is 0 Å². The third-order valence-corrected chi connectivity index (χ3v) is 2.05. The average molecular weight is 208 g/mol. The van der Waals surface area contributed by atoms with Gasteiger partial charge in [0.25, 0.3) is 5.91 Å². The van der Waals surface area contributed by atoms with Crippen molar-refractivity contribution in [3.8, 4) is 5.75 Å². The van der Waals surface area contributed by atoms with Crippen LogP contribution in [0.5, 0.6) is 5.75 Å². The van der Waals surface area contributed by atoms with Crippen molar-refractivity contribution in [1.29, 1.82) is 0 Å². The summed E-state index contributed by atoms with van der Waals surface area (Å²) in [5.41, 5.74) is 4.12. The van der Waals surface area contributed by atoms with E-state index in [0.29, 0.717) is 12.3 Å². The van der Waals surface area contributed by atoms with Crippen LogP contribution in [0.25, 0.3) is 0 Å². The molecule has 0 aromatic heterocycles. The Morgan fingerprint density at radius 2 is 2.07 bits per heavy atom. The van der Waals surface area contributed by atoms with Crippen molar-refractivity contribution in [2.24, 2.45) is 5.73 Å².